The first-order valence-corrected chi connectivity index (χ1v) is 7.34. The van der Waals surface area contributed by atoms with Gasteiger partial charge in [-0.25, -0.2) is 4.98 Å². The van der Waals surface area contributed by atoms with Crippen molar-refractivity contribution in [1.29, 1.82) is 0 Å². The van der Waals surface area contributed by atoms with Crippen LogP contribution in [0.1, 0.15) is 35.5 Å². The highest BCUT2D eigenvalue weighted by Gasteiger charge is 2.13. The lowest BCUT2D eigenvalue weighted by Gasteiger charge is -2.11. The molecular formula is C14H18N4OS. The van der Waals surface area contributed by atoms with Crippen LogP contribution in [0.25, 0.3) is 0 Å². The minimum atomic E-state index is -0.0819. The quantitative estimate of drug-likeness (QED) is 0.883. The monoisotopic (exact) mass is 290 g/mol. The molecule has 0 aliphatic rings. The van der Waals surface area contributed by atoms with Crippen LogP contribution in [0.4, 0.5) is 5.69 Å². The summed E-state index contributed by atoms with van der Waals surface area (Å²) in [5, 5.41) is 3.87. The second-order valence-corrected chi connectivity index (χ2v) is 5.71. The second kappa shape index (κ2) is 6.47. The van der Waals surface area contributed by atoms with Crippen LogP contribution in [-0.2, 0) is 17.6 Å². The molecule has 2 aromatic heterocycles. The van der Waals surface area contributed by atoms with Gasteiger partial charge in [0.25, 0.3) is 0 Å². The Kier molecular flexibility index (Phi) is 4.68. The molecule has 0 bridgehead atoms. The summed E-state index contributed by atoms with van der Waals surface area (Å²) >= 11 is 1.63. The molecule has 2 aromatic rings. The third-order valence-corrected chi connectivity index (χ3v) is 4.18. The van der Waals surface area contributed by atoms with Gasteiger partial charge in [-0.15, -0.1) is 11.3 Å². The van der Waals surface area contributed by atoms with Crippen LogP contribution in [0.3, 0.4) is 0 Å². The summed E-state index contributed by atoms with van der Waals surface area (Å²) in [6.45, 7) is 4.03. The lowest BCUT2D eigenvalue weighted by atomic mass is 10.2. The van der Waals surface area contributed by atoms with Crippen molar-refractivity contribution in [1.82, 2.24) is 15.3 Å². The van der Waals surface area contributed by atoms with Crippen LogP contribution >= 0.6 is 11.3 Å². The van der Waals surface area contributed by atoms with Gasteiger partial charge in [0.1, 0.15) is 5.01 Å². The maximum absolute atomic E-state index is 12.0. The van der Waals surface area contributed by atoms with Crippen LogP contribution in [-0.4, -0.2) is 15.9 Å². The Morgan fingerprint density at radius 1 is 1.40 bits per heavy atom. The number of thiazole rings is 1. The standard InChI is InChI=1S/C14H18N4OS/c1-3-12-8-17-14(20-12)9(2)18-13(19)6-11-5-4-10(15)7-16-11/h4-5,7-9H,3,6,15H2,1-2H3,(H,18,19). The van der Waals surface area contributed by atoms with Crippen molar-refractivity contribution in [3.63, 3.8) is 0 Å². The third-order valence-electron chi connectivity index (χ3n) is 2.86. The van der Waals surface area contributed by atoms with Gasteiger partial charge in [0.05, 0.1) is 24.3 Å². The van der Waals surface area contributed by atoms with Gasteiger partial charge in [-0.2, -0.15) is 0 Å². The number of amides is 1. The zero-order valence-corrected chi connectivity index (χ0v) is 12.4. The topological polar surface area (TPSA) is 80.9 Å². The number of aryl methyl sites for hydroxylation is 1. The molecule has 6 heteroatoms. The summed E-state index contributed by atoms with van der Waals surface area (Å²) in [4.78, 5) is 21.6. The van der Waals surface area contributed by atoms with E-state index in [1.54, 1.807) is 29.7 Å². The van der Waals surface area contributed by atoms with E-state index in [0.717, 1.165) is 11.4 Å². The molecule has 20 heavy (non-hydrogen) atoms. The fourth-order valence-electron chi connectivity index (χ4n) is 1.75. The highest BCUT2D eigenvalue weighted by Crippen LogP contribution is 2.20. The number of nitrogen functional groups attached to an aromatic ring is 1. The van der Waals surface area contributed by atoms with Crippen LogP contribution in [0.2, 0.25) is 0 Å². The number of anilines is 1. The highest BCUT2D eigenvalue weighted by atomic mass is 32.1. The first-order valence-electron chi connectivity index (χ1n) is 6.53. The van der Waals surface area contributed by atoms with E-state index in [1.807, 2.05) is 13.1 Å². The molecule has 0 spiro atoms. The zero-order valence-electron chi connectivity index (χ0n) is 11.6. The van der Waals surface area contributed by atoms with Gasteiger partial charge in [-0.3, -0.25) is 9.78 Å². The van der Waals surface area contributed by atoms with Gasteiger partial charge in [0, 0.05) is 16.8 Å². The number of hydrogen-bond donors (Lipinski definition) is 2. The smallest absolute Gasteiger partial charge is 0.226 e. The number of pyridine rings is 1. The van der Waals surface area contributed by atoms with Crippen molar-refractivity contribution in [2.75, 3.05) is 5.73 Å². The van der Waals surface area contributed by atoms with E-state index in [1.165, 1.54) is 4.88 Å². The molecule has 106 valence electrons. The maximum Gasteiger partial charge on any atom is 0.226 e. The van der Waals surface area contributed by atoms with Gasteiger partial charge < -0.3 is 11.1 Å². The van der Waals surface area contributed by atoms with E-state index >= 15 is 0 Å². The van der Waals surface area contributed by atoms with Gasteiger partial charge in [0.15, 0.2) is 0 Å². The predicted molar refractivity (Wildman–Crippen MR) is 80.4 cm³/mol. The SMILES string of the molecule is CCc1cnc(C(C)NC(=O)Cc2ccc(N)cn2)s1. The van der Waals surface area contributed by atoms with Crippen LogP contribution < -0.4 is 11.1 Å². The molecule has 0 saturated heterocycles. The molecule has 0 fully saturated rings. The van der Waals surface area contributed by atoms with E-state index in [4.69, 9.17) is 5.73 Å². The summed E-state index contributed by atoms with van der Waals surface area (Å²) in [7, 11) is 0. The number of nitrogens with one attached hydrogen (secondary N) is 1. The van der Waals surface area contributed by atoms with Crippen molar-refractivity contribution >= 4 is 22.9 Å². The third kappa shape index (κ3) is 3.77. The number of carbonyl (C=O) groups is 1. The summed E-state index contributed by atoms with van der Waals surface area (Å²) in [5.74, 6) is -0.0666. The van der Waals surface area contributed by atoms with Gasteiger partial charge in [-0.1, -0.05) is 6.92 Å². The second-order valence-electron chi connectivity index (χ2n) is 4.57. The summed E-state index contributed by atoms with van der Waals surface area (Å²) in [5.41, 5.74) is 6.86. The molecule has 5 nitrogen and oxygen atoms in total. The Labute approximate surface area is 122 Å². The first kappa shape index (κ1) is 14.5. The number of rotatable bonds is 5. The number of aromatic nitrogens is 2. The highest BCUT2D eigenvalue weighted by molar-refractivity contribution is 7.11. The minimum absolute atomic E-state index is 0.0666. The Bertz CT molecular complexity index is 579. The Morgan fingerprint density at radius 2 is 2.20 bits per heavy atom. The molecule has 0 radical (unpaired) electrons. The maximum atomic E-state index is 12.0. The molecule has 1 atom stereocenters. The fourth-order valence-corrected chi connectivity index (χ4v) is 2.61. The zero-order chi connectivity index (χ0) is 14.5. The predicted octanol–water partition coefficient (Wildman–Crippen LogP) is 2.10. The van der Waals surface area contributed by atoms with Crippen molar-refractivity contribution in [2.24, 2.45) is 0 Å². The average molecular weight is 290 g/mol. The fraction of sp³-hybridized carbons (Fsp3) is 0.357. The van der Waals surface area contributed by atoms with Gasteiger partial charge >= 0.3 is 0 Å². The molecule has 1 amide bonds. The Hall–Kier alpha value is -1.95. The van der Waals surface area contributed by atoms with E-state index < -0.39 is 0 Å². The van der Waals surface area contributed by atoms with Crippen molar-refractivity contribution in [3.8, 4) is 0 Å². The molecule has 0 saturated carbocycles. The molecule has 2 rings (SSSR count). The first-order chi connectivity index (χ1) is 9.58. The van der Waals surface area contributed by atoms with E-state index in [0.29, 0.717) is 11.4 Å². The largest absolute Gasteiger partial charge is 0.397 e. The number of carbonyl (C=O) groups excluding carboxylic acids is 1. The van der Waals surface area contributed by atoms with Crippen LogP contribution in [0, 0.1) is 0 Å². The van der Waals surface area contributed by atoms with Crippen molar-refractivity contribution in [2.45, 2.75) is 32.7 Å². The molecule has 0 aromatic carbocycles. The lowest BCUT2D eigenvalue weighted by molar-refractivity contribution is -0.121. The number of nitrogens with two attached hydrogens (primary N) is 1. The molecule has 1 unspecified atom stereocenters. The normalized spacial score (nSPS) is 12.1. The van der Waals surface area contributed by atoms with E-state index in [2.05, 4.69) is 22.2 Å². The van der Waals surface area contributed by atoms with E-state index in [9.17, 15) is 4.79 Å². The van der Waals surface area contributed by atoms with Gasteiger partial charge in [0.2, 0.25) is 5.91 Å². The molecule has 0 aliphatic carbocycles. The molecule has 2 heterocycles. The summed E-state index contributed by atoms with van der Waals surface area (Å²) < 4.78 is 0. The van der Waals surface area contributed by atoms with Crippen molar-refractivity contribution in [3.05, 3.63) is 40.1 Å². The van der Waals surface area contributed by atoms with Crippen LogP contribution in [0.5, 0.6) is 0 Å². The van der Waals surface area contributed by atoms with Crippen LogP contribution in [0.15, 0.2) is 24.5 Å². The Morgan fingerprint density at radius 3 is 2.80 bits per heavy atom. The lowest BCUT2D eigenvalue weighted by Crippen LogP contribution is -2.28. The van der Waals surface area contributed by atoms with Gasteiger partial charge in [-0.05, 0) is 25.5 Å². The summed E-state index contributed by atoms with van der Waals surface area (Å²) in [6.07, 6.45) is 4.63. The average Bonchev–Trinajstić information content (AvgIpc) is 2.90. The number of nitrogens with zero attached hydrogens (tertiary/aromatic N) is 2. The molecular weight excluding hydrogens is 272 g/mol. The Balaban J connectivity index is 1.92. The minimum Gasteiger partial charge on any atom is -0.397 e. The van der Waals surface area contributed by atoms with E-state index in [-0.39, 0.29) is 18.4 Å². The van der Waals surface area contributed by atoms with Crippen molar-refractivity contribution < 1.29 is 4.79 Å². The molecule has 3 N–H and O–H groups in total. The molecule has 0 aliphatic heterocycles. The summed E-state index contributed by atoms with van der Waals surface area (Å²) in [6, 6.07) is 3.42. The number of hydrogen-bond acceptors (Lipinski definition) is 5.